The minimum atomic E-state index is -5.10. The molecule has 1 saturated heterocycles. The van der Waals surface area contributed by atoms with Crippen LogP contribution in [-0.2, 0) is 48.5 Å². The summed E-state index contributed by atoms with van der Waals surface area (Å²) in [4.78, 5) is 89.3. The number of imide groups is 1. The number of carbonyl (C=O) groups is 7. The molecule has 1 heterocycles. The summed E-state index contributed by atoms with van der Waals surface area (Å²) >= 11 is 0. The molecule has 0 aromatic carbocycles. The molecule has 3 atom stereocenters. The Kier molecular flexibility index (Phi) is 14.3. The van der Waals surface area contributed by atoms with Crippen molar-refractivity contribution in [3.05, 3.63) is 0 Å². The normalized spacial score (nSPS) is 15.6. The molecule has 1 aliphatic rings. The van der Waals surface area contributed by atoms with Gasteiger partial charge >= 0.3 is 12.1 Å². The summed E-state index contributed by atoms with van der Waals surface area (Å²) in [6.07, 6.45) is -2.57. The summed E-state index contributed by atoms with van der Waals surface area (Å²) in [5, 5.41) is 7.64. The fourth-order valence-electron chi connectivity index (χ4n) is 3.40. The van der Waals surface area contributed by atoms with Crippen LogP contribution in [0.3, 0.4) is 0 Å². The number of nitrogens with zero attached hydrogens (tertiary/aromatic N) is 1. The van der Waals surface area contributed by atoms with Gasteiger partial charge in [-0.2, -0.15) is 8.42 Å². The predicted molar refractivity (Wildman–Crippen MR) is 143 cm³/mol. The Bertz CT molecular complexity index is 1120. The van der Waals surface area contributed by atoms with E-state index >= 15 is 0 Å². The van der Waals surface area contributed by atoms with E-state index in [1.54, 1.807) is 13.8 Å². The van der Waals surface area contributed by atoms with E-state index in [0.29, 0.717) is 0 Å². The smallest absolute Gasteiger partial charge is 0.407 e. The van der Waals surface area contributed by atoms with Crippen molar-refractivity contribution < 1.29 is 56.1 Å². The molecule has 17 nitrogen and oxygen atoms in total. The van der Waals surface area contributed by atoms with Gasteiger partial charge in [0.25, 0.3) is 21.9 Å². The molecule has 0 aromatic heterocycles. The summed E-state index contributed by atoms with van der Waals surface area (Å²) in [7, 11) is -5.10. The molecular formula is C24H39N5O12S. The van der Waals surface area contributed by atoms with Gasteiger partial charge in [0.15, 0.2) is 5.25 Å². The van der Waals surface area contributed by atoms with Crippen molar-refractivity contribution in [2.24, 2.45) is 11.8 Å². The third kappa shape index (κ3) is 12.4. The molecule has 2 unspecified atom stereocenters. The first-order chi connectivity index (χ1) is 19.4. The highest BCUT2D eigenvalue weighted by atomic mass is 32.2. The van der Waals surface area contributed by atoms with E-state index in [0.717, 1.165) is 0 Å². The second-order valence-electron chi connectivity index (χ2n) is 10.3. The molecular weight excluding hydrogens is 582 g/mol. The van der Waals surface area contributed by atoms with E-state index in [9.17, 15) is 46.5 Å². The van der Waals surface area contributed by atoms with Crippen LogP contribution in [0, 0.1) is 11.8 Å². The minimum absolute atomic E-state index is 0.0532. The number of carbonyl (C=O) groups excluding carboxylic acids is 7. The van der Waals surface area contributed by atoms with E-state index in [1.807, 2.05) is 13.8 Å². The zero-order valence-electron chi connectivity index (χ0n) is 24.1. The lowest BCUT2D eigenvalue weighted by Crippen LogP contribution is -2.55. The maximum Gasteiger partial charge on any atom is 0.407 e. The number of amides is 6. The van der Waals surface area contributed by atoms with Crippen LogP contribution < -0.4 is 21.3 Å². The maximum atomic E-state index is 12.8. The van der Waals surface area contributed by atoms with E-state index < -0.39 is 87.8 Å². The molecule has 5 N–H and O–H groups in total. The second kappa shape index (κ2) is 16.6. The lowest BCUT2D eigenvalue weighted by Gasteiger charge is -2.24. The van der Waals surface area contributed by atoms with E-state index in [-0.39, 0.29) is 43.5 Å². The Balaban J connectivity index is 2.63. The van der Waals surface area contributed by atoms with E-state index in [4.69, 9.17) is 4.74 Å². The largest absolute Gasteiger partial charge is 0.449 e. The quantitative estimate of drug-likeness (QED) is 0.0773. The summed E-state index contributed by atoms with van der Waals surface area (Å²) in [6.45, 7) is 8.73. The Morgan fingerprint density at radius 1 is 0.905 bits per heavy atom. The van der Waals surface area contributed by atoms with E-state index in [1.165, 1.54) is 6.92 Å². The molecule has 6 amide bonds. The fourth-order valence-corrected chi connectivity index (χ4v) is 4.11. The van der Waals surface area contributed by atoms with Crippen molar-refractivity contribution in [2.45, 2.75) is 77.6 Å². The minimum Gasteiger partial charge on any atom is -0.449 e. The summed E-state index contributed by atoms with van der Waals surface area (Å²) in [6, 6.07) is -2.20. The van der Waals surface area contributed by atoms with Gasteiger partial charge in [-0.3, -0.25) is 28.5 Å². The highest BCUT2D eigenvalue weighted by Gasteiger charge is 2.39. The first-order valence-corrected chi connectivity index (χ1v) is 14.8. The van der Waals surface area contributed by atoms with Crippen LogP contribution in [-0.4, -0.2) is 96.7 Å². The van der Waals surface area contributed by atoms with Crippen LogP contribution in [0.15, 0.2) is 0 Å². The van der Waals surface area contributed by atoms with Crippen LogP contribution in [0.4, 0.5) is 4.79 Å². The second-order valence-corrected chi connectivity index (χ2v) is 11.9. The van der Waals surface area contributed by atoms with Gasteiger partial charge in [-0.05, 0) is 25.2 Å². The fraction of sp³-hybridized carbons (Fsp3) is 0.708. The number of nitrogens with one attached hydrogen (secondary N) is 4. The van der Waals surface area contributed by atoms with Gasteiger partial charge in [0.2, 0.25) is 17.7 Å². The molecule has 0 aliphatic carbocycles. The zero-order chi connectivity index (χ0) is 32.2. The number of rotatable bonds is 16. The molecule has 1 rings (SSSR count). The highest BCUT2D eigenvalue weighted by Crippen LogP contribution is 2.16. The predicted octanol–water partition coefficient (Wildman–Crippen LogP) is -1.23. The summed E-state index contributed by atoms with van der Waals surface area (Å²) < 4.78 is 37.9. The summed E-state index contributed by atoms with van der Waals surface area (Å²) in [5.74, 6) is -5.86. The van der Waals surface area contributed by atoms with Gasteiger partial charge in [0, 0.05) is 32.4 Å². The van der Waals surface area contributed by atoms with E-state index in [2.05, 4.69) is 26.1 Å². The van der Waals surface area contributed by atoms with Crippen molar-refractivity contribution in [3.63, 3.8) is 0 Å². The molecule has 42 heavy (non-hydrogen) atoms. The average Bonchev–Trinajstić information content (AvgIpc) is 3.19. The Morgan fingerprint density at radius 3 is 2.00 bits per heavy atom. The number of alkyl carbamates (subject to hydrolysis) is 1. The van der Waals surface area contributed by atoms with Gasteiger partial charge < -0.3 is 30.8 Å². The van der Waals surface area contributed by atoms with Crippen molar-refractivity contribution in [1.29, 1.82) is 0 Å². The number of hydrogen-bond donors (Lipinski definition) is 5. The lowest BCUT2D eigenvalue weighted by atomic mass is 10.0. The molecule has 238 valence electrons. The van der Waals surface area contributed by atoms with Crippen molar-refractivity contribution >= 4 is 51.7 Å². The van der Waals surface area contributed by atoms with Crippen LogP contribution in [0.1, 0.15) is 60.3 Å². The molecule has 18 heteroatoms. The topological polar surface area (TPSA) is 244 Å². The standard InChI is InChI=1S/C24H39N5O12S/c1-13(2)12-40-24(36)26-11-10-25-21(33)15(5)27-22(34)20(14(3)4)28-17(30)7-6-16(42(37,38)39)23(35)41-29-18(31)8-9-19(29)32/h13-16,20H,6-12H2,1-5H3,(H,25,33)(H,26,36)(H,27,34)(H,28,30)(H,37,38,39)/t15-,16?,20?/m0/s1. The van der Waals surface area contributed by atoms with Crippen LogP contribution in [0.25, 0.3) is 0 Å². The zero-order valence-corrected chi connectivity index (χ0v) is 24.9. The SMILES string of the molecule is CC(C)COC(=O)NCCNC(=O)[C@H](C)NC(=O)C(NC(=O)CCC(C(=O)ON1C(=O)CCC1=O)S(=O)(=O)O)C(C)C. The van der Waals surface area contributed by atoms with Gasteiger partial charge in [0.1, 0.15) is 12.1 Å². The Morgan fingerprint density at radius 2 is 1.48 bits per heavy atom. The van der Waals surface area contributed by atoms with Crippen molar-refractivity contribution in [2.75, 3.05) is 19.7 Å². The van der Waals surface area contributed by atoms with Gasteiger partial charge in [-0.25, -0.2) is 9.59 Å². The number of ether oxygens (including phenoxy) is 1. The third-order valence-corrected chi connectivity index (χ3v) is 6.85. The molecule has 1 fully saturated rings. The molecule has 0 bridgehead atoms. The first kappa shape index (κ1) is 36.2. The maximum absolute atomic E-state index is 12.8. The molecule has 0 radical (unpaired) electrons. The number of hydroxylamine groups is 2. The Hall–Kier alpha value is -3.80. The Labute approximate surface area is 243 Å². The average molecular weight is 622 g/mol. The van der Waals surface area contributed by atoms with Gasteiger partial charge in [-0.1, -0.05) is 27.7 Å². The molecule has 0 aromatic rings. The first-order valence-electron chi connectivity index (χ1n) is 13.3. The van der Waals surface area contributed by atoms with Gasteiger partial charge in [-0.15, -0.1) is 5.06 Å². The van der Waals surface area contributed by atoms with Crippen LogP contribution in [0.5, 0.6) is 0 Å². The lowest BCUT2D eigenvalue weighted by molar-refractivity contribution is -0.197. The molecule has 0 spiro atoms. The van der Waals surface area contributed by atoms with Crippen LogP contribution >= 0.6 is 0 Å². The van der Waals surface area contributed by atoms with Crippen molar-refractivity contribution in [3.8, 4) is 0 Å². The number of hydrogen-bond acceptors (Lipinski definition) is 11. The molecule has 1 aliphatic heterocycles. The van der Waals surface area contributed by atoms with Crippen molar-refractivity contribution in [1.82, 2.24) is 26.3 Å². The monoisotopic (exact) mass is 621 g/mol. The summed E-state index contributed by atoms with van der Waals surface area (Å²) in [5.41, 5.74) is 0. The molecule has 0 saturated carbocycles. The van der Waals surface area contributed by atoms with Gasteiger partial charge in [0.05, 0.1) is 6.61 Å². The van der Waals surface area contributed by atoms with Crippen LogP contribution in [0.2, 0.25) is 0 Å². The third-order valence-electron chi connectivity index (χ3n) is 5.70. The highest BCUT2D eigenvalue weighted by molar-refractivity contribution is 7.87.